The van der Waals surface area contributed by atoms with E-state index in [2.05, 4.69) is 29.4 Å². The monoisotopic (exact) mass is 306 g/mol. The molecule has 1 heterocycles. The first kappa shape index (κ1) is 18.3. The van der Waals surface area contributed by atoms with Gasteiger partial charge in [0.25, 0.3) is 0 Å². The lowest BCUT2D eigenvalue weighted by Gasteiger charge is -2.01. The standard InChI is InChI=1S/C12H22N4OS.ClH/c1-9(2)11-15-16-12(18-11)14-10(17)7-5-3-4-6-8-13;/h9H,3-8,13H2,1-2H3,(H,14,16,17);1H. The van der Waals surface area contributed by atoms with Gasteiger partial charge in [-0.15, -0.1) is 22.6 Å². The van der Waals surface area contributed by atoms with Crippen LogP contribution in [0.4, 0.5) is 5.13 Å². The number of carbonyl (C=O) groups is 1. The Labute approximate surface area is 124 Å². The Bertz CT molecular complexity index is 370. The summed E-state index contributed by atoms with van der Waals surface area (Å²) in [4.78, 5) is 11.6. The molecule has 3 N–H and O–H groups in total. The summed E-state index contributed by atoms with van der Waals surface area (Å²) < 4.78 is 0. The number of aromatic nitrogens is 2. The molecule has 0 fully saturated rings. The van der Waals surface area contributed by atoms with Crippen molar-refractivity contribution in [2.24, 2.45) is 5.73 Å². The van der Waals surface area contributed by atoms with E-state index in [1.54, 1.807) is 0 Å². The third-order valence-electron chi connectivity index (χ3n) is 2.54. The maximum Gasteiger partial charge on any atom is 0.226 e. The summed E-state index contributed by atoms with van der Waals surface area (Å²) in [5.41, 5.74) is 5.41. The van der Waals surface area contributed by atoms with Crippen LogP contribution in [0.1, 0.15) is 56.9 Å². The molecule has 110 valence electrons. The first-order valence-electron chi connectivity index (χ1n) is 6.46. The second-order valence-corrected chi connectivity index (χ2v) is 5.61. The average Bonchev–Trinajstić information content (AvgIpc) is 2.77. The van der Waals surface area contributed by atoms with Crippen LogP contribution in [0, 0.1) is 0 Å². The predicted molar refractivity (Wildman–Crippen MR) is 82.0 cm³/mol. The van der Waals surface area contributed by atoms with E-state index in [9.17, 15) is 4.79 Å². The summed E-state index contributed by atoms with van der Waals surface area (Å²) in [5.74, 6) is 0.374. The zero-order valence-corrected chi connectivity index (χ0v) is 13.1. The summed E-state index contributed by atoms with van der Waals surface area (Å²) >= 11 is 1.45. The Morgan fingerprint density at radius 1 is 1.26 bits per heavy atom. The van der Waals surface area contributed by atoms with Gasteiger partial charge < -0.3 is 11.1 Å². The normalized spacial score (nSPS) is 10.3. The molecular formula is C12H23ClN4OS. The van der Waals surface area contributed by atoms with Gasteiger partial charge in [-0.1, -0.05) is 38.0 Å². The summed E-state index contributed by atoms with van der Waals surface area (Å²) in [6, 6.07) is 0. The zero-order chi connectivity index (χ0) is 13.4. The maximum atomic E-state index is 11.6. The van der Waals surface area contributed by atoms with E-state index in [0.717, 1.165) is 37.2 Å². The highest BCUT2D eigenvalue weighted by Crippen LogP contribution is 2.22. The molecule has 1 rings (SSSR count). The van der Waals surface area contributed by atoms with E-state index in [1.165, 1.54) is 11.3 Å². The highest BCUT2D eigenvalue weighted by atomic mass is 35.5. The summed E-state index contributed by atoms with van der Waals surface area (Å²) in [6.45, 7) is 4.85. The number of unbranched alkanes of at least 4 members (excludes halogenated alkanes) is 3. The topological polar surface area (TPSA) is 80.9 Å². The molecular weight excluding hydrogens is 284 g/mol. The number of carbonyl (C=O) groups excluding carboxylic acids is 1. The minimum Gasteiger partial charge on any atom is -0.330 e. The fourth-order valence-electron chi connectivity index (χ4n) is 1.48. The van der Waals surface area contributed by atoms with Crippen molar-refractivity contribution in [3.63, 3.8) is 0 Å². The molecule has 0 aliphatic heterocycles. The molecule has 5 nitrogen and oxygen atoms in total. The van der Waals surface area contributed by atoms with Gasteiger partial charge in [0.05, 0.1) is 0 Å². The summed E-state index contributed by atoms with van der Waals surface area (Å²) in [5, 5.41) is 12.3. The van der Waals surface area contributed by atoms with Crippen molar-refractivity contribution in [3.8, 4) is 0 Å². The van der Waals surface area contributed by atoms with Crippen molar-refractivity contribution in [1.82, 2.24) is 10.2 Å². The van der Waals surface area contributed by atoms with Gasteiger partial charge in [0.2, 0.25) is 11.0 Å². The minimum absolute atomic E-state index is 0. The second kappa shape index (κ2) is 10.1. The highest BCUT2D eigenvalue weighted by Gasteiger charge is 2.09. The first-order chi connectivity index (χ1) is 8.63. The lowest BCUT2D eigenvalue weighted by Crippen LogP contribution is -2.10. The zero-order valence-electron chi connectivity index (χ0n) is 11.5. The van der Waals surface area contributed by atoms with Crippen molar-refractivity contribution in [2.75, 3.05) is 11.9 Å². The van der Waals surface area contributed by atoms with Gasteiger partial charge in [-0.2, -0.15) is 0 Å². The Morgan fingerprint density at radius 3 is 2.53 bits per heavy atom. The lowest BCUT2D eigenvalue weighted by molar-refractivity contribution is -0.116. The first-order valence-corrected chi connectivity index (χ1v) is 7.28. The van der Waals surface area contributed by atoms with Crippen LogP contribution in [0.25, 0.3) is 0 Å². The Kier molecular flexibility index (Phi) is 9.73. The molecule has 0 aliphatic rings. The van der Waals surface area contributed by atoms with Crippen LogP contribution in [0.2, 0.25) is 0 Å². The van der Waals surface area contributed by atoms with Gasteiger partial charge in [0.1, 0.15) is 5.01 Å². The number of rotatable bonds is 8. The number of anilines is 1. The quantitative estimate of drug-likeness (QED) is 0.724. The molecule has 0 atom stereocenters. The fourth-order valence-corrected chi connectivity index (χ4v) is 2.25. The van der Waals surface area contributed by atoms with E-state index < -0.39 is 0 Å². The van der Waals surface area contributed by atoms with Crippen LogP contribution in [-0.4, -0.2) is 22.6 Å². The molecule has 0 saturated carbocycles. The van der Waals surface area contributed by atoms with E-state index in [1.807, 2.05) is 0 Å². The Hall–Kier alpha value is -0.720. The third kappa shape index (κ3) is 7.44. The van der Waals surface area contributed by atoms with E-state index >= 15 is 0 Å². The number of hydrogen-bond acceptors (Lipinski definition) is 5. The maximum absolute atomic E-state index is 11.6. The molecule has 0 saturated heterocycles. The molecule has 0 bridgehead atoms. The van der Waals surface area contributed by atoms with E-state index in [4.69, 9.17) is 5.73 Å². The number of amides is 1. The molecule has 0 unspecified atom stereocenters. The summed E-state index contributed by atoms with van der Waals surface area (Å²) in [6.07, 6.45) is 4.64. The van der Waals surface area contributed by atoms with Crippen molar-refractivity contribution in [1.29, 1.82) is 0 Å². The molecule has 1 aromatic heterocycles. The van der Waals surface area contributed by atoms with Gasteiger partial charge in [0.15, 0.2) is 0 Å². The molecule has 19 heavy (non-hydrogen) atoms. The number of halogens is 1. The van der Waals surface area contributed by atoms with Crippen LogP contribution in [0.15, 0.2) is 0 Å². The van der Waals surface area contributed by atoms with Gasteiger partial charge in [-0.05, 0) is 19.4 Å². The van der Waals surface area contributed by atoms with Crippen LogP contribution in [0.3, 0.4) is 0 Å². The van der Waals surface area contributed by atoms with Crippen molar-refractivity contribution >= 4 is 34.8 Å². The minimum atomic E-state index is 0. The molecule has 7 heteroatoms. The molecule has 0 radical (unpaired) electrons. The number of nitrogens with two attached hydrogens (primary N) is 1. The van der Waals surface area contributed by atoms with E-state index in [-0.39, 0.29) is 18.3 Å². The van der Waals surface area contributed by atoms with Gasteiger partial charge in [-0.25, -0.2) is 0 Å². The number of nitrogens with zero attached hydrogens (tertiary/aromatic N) is 2. The highest BCUT2D eigenvalue weighted by molar-refractivity contribution is 7.15. The Balaban J connectivity index is 0.00000324. The second-order valence-electron chi connectivity index (χ2n) is 4.60. The van der Waals surface area contributed by atoms with Crippen LogP contribution in [-0.2, 0) is 4.79 Å². The summed E-state index contributed by atoms with van der Waals surface area (Å²) in [7, 11) is 0. The molecule has 0 aromatic carbocycles. The van der Waals surface area contributed by atoms with Crippen LogP contribution in [0.5, 0.6) is 0 Å². The molecule has 0 aliphatic carbocycles. The Morgan fingerprint density at radius 2 is 1.95 bits per heavy atom. The van der Waals surface area contributed by atoms with Gasteiger partial charge in [0, 0.05) is 12.3 Å². The molecule has 1 aromatic rings. The number of nitrogens with one attached hydrogen (secondary N) is 1. The van der Waals surface area contributed by atoms with Crippen molar-refractivity contribution < 1.29 is 4.79 Å². The SMILES string of the molecule is CC(C)c1nnc(NC(=O)CCCCCCN)s1.Cl. The van der Waals surface area contributed by atoms with E-state index in [0.29, 0.717) is 17.5 Å². The third-order valence-corrected chi connectivity index (χ3v) is 3.68. The molecule has 0 spiro atoms. The molecule has 1 amide bonds. The van der Waals surface area contributed by atoms with Crippen molar-refractivity contribution in [3.05, 3.63) is 5.01 Å². The van der Waals surface area contributed by atoms with Crippen molar-refractivity contribution in [2.45, 2.75) is 51.9 Å². The predicted octanol–water partition coefficient (Wildman–Crippen LogP) is 2.93. The van der Waals surface area contributed by atoms with Crippen LogP contribution < -0.4 is 11.1 Å². The van der Waals surface area contributed by atoms with Gasteiger partial charge in [-0.3, -0.25) is 4.79 Å². The number of hydrogen-bond donors (Lipinski definition) is 2. The lowest BCUT2D eigenvalue weighted by atomic mass is 10.1. The smallest absolute Gasteiger partial charge is 0.226 e. The average molecular weight is 307 g/mol. The fraction of sp³-hybridized carbons (Fsp3) is 0.750. The van der Waals surface area contributed by atoms with Crippen LogP contribution >= 0.6 is 23.7 Å². The largest absolute Gasteiger partial charge is 0.330 e. The van der Waals surface area contributed by atoms with Gasteiger partial charge >= 0.3 is 0 Å².